The minimum atomic E-state index is 0.0141. The van der Waals surface area contributed by atoms with E-state index in [9.17, 15) is 4.79 Å². The maximum Gasteiger partial charge on any atom is 0.270 e. The van der Waals surface area contributed by atoms with Gasteiger partial charge in [-0.25, -0.2) is 0 Å². The third-order valence-corrected chi connectivity index (χ3v) is 5.70. The van der Waals surface area contributed by atoms with Crippen molar-refractivity contribution in [3.63, 3.8) is 0 Å². The van der Waals surface area contributed by atoms with Gasteiger partial charge in [0.1, 0.15) is 5.69 Å². The summed E-state index contributed by atoms with van der Waals surface area (Å²) >= 11 is 0. The summed E-state index contributed by atoms with van der Waals surface area (Å²) < 4.78 is 8.13. The zero-order valence-corrected chi connectivity index (χ0v) is 15.3. The minimum Gasteiger partial charge on any atom is -0.375 e. The first kappa shape index (κ1) is 17.5. The van der Waals surface area contributed by atoms with Crippen LogP contribution in [0, 0.1) is 5.92 Å². The molecule has 2 aliphatic heterocycles. The van der Waals surface area contributed by atoms with Gasteiger partial charge in [-0.05, 0) is 70.8 Å². The first-order valence-corrected chi connectivity index (χ1v) is 9.18. The summed E-state index contributed by atoms with van der Waals surface area (Å²) in [7, 11) is 6.21. The van der Waals surface area contributed by atoms with Crippen LogP contribution in [0.1, 0.15) is 42.6 Å². The Morgan fingerprint density at radius 2 is 2.12 bits per heavy atom. The maximum atomic E-state index is 12.7. The Bertz CT molecular complexity index is 559. The molecule has 1 unspecified atom stereocenters. The molecule has 1 amide bonds. The molecule has 1 spiro atoms. The molecule has 0 aromatic carbocycles. The van der Waals surface area contributed by atoms with Gasteiger partial charge in [-0.2, -0.15) is 0 Å². The lowest BCUT2D eigenvalue weighted by molar-refractivity contribution is -0.124. The van der Waals surface area contributed by atoms with Crippen molar-refractivity contribution in [3.05, 3.63) is 24.0 Å². The minimum absolute atomic E-state index is 0.0141. The lowest BCUT2D eigenvalue weighted by Gasteiger charge is -2.46. The normalized spacial score (nSPS) is 23.8. The summed E-state index contributed by atoms with van der Waals surface area (Å²) in [6, 6.07) is 3.83. The van der Waals surface area contributed by atoms with Crippen molar-refractivity contribution >= 4 is 5.91 Å². The van der Waals surface area contributed by atoms with Crippen molar-refractivity contribution in [2.75, 3.05) is 40.3 Å². The highest BCUT2D eigenvalue weighted by molar-refractivity contribution is 5.92. The molecule has 0 radical (unpaired) electrons. The zero-order valence-electron chi connectivity index (χ0n) is 15.3. The van der Waals surface area contributed by atoms with Crippen LogP contribution in [-0.4, -0.2) is 66.2 Å². The SMILES string of the molecule is CN(C)CCC1CCOC2(CCN(C(=O)c3cccn3C)CC2)C1. The van der Waals surface area contributed by atoms with Crippen molar-refractivity contribution in [1.82, 2.24) is 14.4 Å². The van der Waals surface area contributed by atoms with Crippen LogP contribution in [0.25, 0.3) is 0 Å². The van der Waals surface area contributed by atoms with Gasteiger partial charge in [-0.1, -0.05) is 0 Å². The van der Waals surface area contributed by atoms with Crippen LogP contribution >= 0.6 is 0 Å². The topological polar surface area (TPSA) is 37.7 Å². The summed E-state index contributed by atoms with van der Waals surface area (Å²) in [5.41, 5.74) is 0.791. The van der Waals surface area contributed by atoms with Gasteiger partial charge in [-0.15, -0.1) is 0 Å². The van der Waals surface area contributed by atoms with Gasteiger partial charge in [-0.3, -0.25) is 4.79 Å². The molecule has 134 valence electrons. The summed E-state index contributed by atoms with van der Waals surface area (Å²) in [5.74, 6) is 0.911. The molecule has 2 aliphatic rings. The van der Waals surface area contributed by atoms with E-state index in [1.807, 2.05) is 34.8 Å². The molecule has 0 bridgehead atoms. The molecule has 1 aromatic rings. The fourth-order valence-electron chi connectivity index (χ4n) is 4.13. The summed E-state index contributed by atoms with van der Waals surface area (Å²) in [6.07, 6.45) is 7.47. The van der Waals surface area contributed by atoms with Crippen molar-refractivity contribution in [2.24, 2.45) is 13.0 Å². The maximum absolute atomic E-state index is 12.7. The highest BCUT2D eigenvalue weighted by Gasteiger charge is 2.41. The van der Waals surface area contributed by atoms with E-state index in [2.05, 4.69) is 19.0 Å². The quantitative estimate of drug-likeness (QED) is 0.849. The largest absolute Gasteiger partial charge is 0.375 e. The van der Waals surface area contributed by atoms with Crippen LogP contribution in [0.15, 0.2) is 18.3 Å². The number of carbonyl (C=O) groups is 1. The Labute approximate surface area is 145 Å². The molecular weight excluding hydrogens is 302 g/mol. The summed E-state index contributed by atoms with van der Waals surface area (Å²) in [5, 5.41) is 0. The lowest BCUT2D eigenvalue weighted by atomic mass is 9.78. The molecular formula is C19H31N3O2. The first-order chi connectivity index (χ1) is 11.5. The fourth-order valence-corrected chi connectivity index (χ4v) is 4.13. The van der Waals surface area contributed by atoms with Gasteiger partial charge in [0.05, 0.1) is 5.60 Å². The number of hydrogen-bond acceptors (Lipinski definition) is 3. The molecule has 0 saturated carbocycles. The third kappa shape index (κ3) is 3.83. The summed E-state index contributed by atoms with van der Waals surface area (Å²) in [6.45, 7) is 3.65. The number of carbonyl (C=O) groups excluding carboxylic acids is 1. The number of rotatable bonds is 4. The Morgan fingerprint density at radius 1 is 1.38 bits per heavy atom. The van der Waals surface area contributed by atoms with E-state index < -0.39 is 0 Å². The standard InChI is InChI=1S/C19H31N3O2/c1-20(2)11-6-16-7-14-24-19(15-16)8-12-22(13-9-19)18(23)17-5-4-10-21(17)3/h4-5,10,16H,6-9,11-15H2,1-3H3. The second-order valence-corrected chi connectivity index (χ2v) is 7.78. The second kappa shape index (κ2) is 7.28. The molecule has 5 nitrogen and oxygen atoms in total. The predicted octanol–water partition coefficient (Wildman–Crippen LogP) is 2.38. The van der Waals surface area contributed by atoms with E-state index in [0.717, 1.165) is 57.1 Å². The smallest absolute Gasteiger partial charge is 0.270 e. The number of aromatic nitrogens is 1. The van der Waals surface area contributed by atoms with Crippen molar-refractivity contribution in [2.45, 2.75) is 37.7 Å². The first-order valence-electron chi connectivity index (χ1n) is 9.18. The fraction of sp³-hybridized carbons (Fsp3) is 0.737. The van der Waals surface area contributed by atoms with Crippen molar-refractivity contribution < 1.29 is 9.53 Å². The number of likely N-dealkylation sites (tertiary alicyclic amines) is 1. The lowest BCUT2D eigenvalue weighted by Crippen LogP contribution is -2.51. The van der Waals surface area contributed by atoms with E-state index >= 15 is 0 Å². The van der Waals surface area contributed by atoms with Gasteiger partial charge in [0, 0.05) is 32.9 Å². The predicted molar refractivity (Wildman–Crippen MR) is 95.1 cm³/mol. The van der Waals surface area contributed by atoms with Crippen LogP contribution in [0.3, 0.4) is 0 Å². The van der Waals surface area contributed by atoms with Crippen LogP contribution in [0.4, 0.5) is 0 Å². The van der Waals surface area contributed by atoms with Gasteiger partial charge < -0.3 is 19.1 Å². The van der Waals surface area contributed by atoms with Crippen LogP contribution in [0.5, 0.6) is 0 Å². The van der Waals surface area contributed by atoms with Crippen molar-refractivity contribution in [1.29, 1.82) is 0 Å². The second-order valence-electron chi connectivity index (χ2n) is 7.78. The van der Waals surface area contributed by atoms with Crippen LogP contribution < -0.4 is 0 Å². The third-order valence-electron chi connectivity index (χ3n) is 5.70. The number of piperidine rings is 1. The Balaban J connectivity index is 1.56. The molecule has 0 N–H and O–H groups in total. The molecule has 1 aromatic heterocycles. The number of ether oxygens (including phenoxy) is 1. The number of hydrogen-bond donors (Lipinski definition) is 0. The molecule has 0 aliphatic carbocycles. The zero-order chi connectivity index (χ0) is 17.2. The van der Waals surface area contributed by atoms with Crippen LogP contribution in [0.2, 0.25) is 0 Å². The van der Waals surface area contributed by atoms with Gasteiger partial charge in [0.15, 0.2) is 0 Å². The Morgan fingerprint density at radius 3 is 2.75 bits per heavy atom. The number of amides is 1. The molecule has 2 fully saturated rings. The number of aryl methyl sites for hydroxylation is 1. The van der Waals surface area contributed by atoms with E-state index in [1.54, 1.807) is 0 Å². The van der Waals surface area contributed by atoms with Gasteiger partial charge >= 0.3 is 0 Å². The van der Waals surface area contributed by atoms with Crippen LogP contribution in [-0.2, 0) is 11.8 Å². The van der Waals surface area contributed by atoms with Gasteiger partial charge in [0.25, 0.3) is 5.91 Å². The van der Waals surface area contributed by atoms with E-state index in [4.69, 9.17) is 4.74 Å². The molecule has 5 heteroatoms. The van der Waals surface area contributed by atoms with E-state index in [0.29, 0.717) is 0 Å². The van der Waals surface area contributed by atoms with E-state index in [1.165, 1.54) is 12.8 Å². The Kier molecular flexibility index (Phi) is 5.30. The van der Waals surface area contributed by atoms with E-state index in [-0.39, 0.29) is 11.5 Å². The van der Waals surface area contributed by atoms with Crippen molar-refractivity contribution in [3.8, 4) is 0 Å². The highest BCUT2D eigenvalue weighted by atomic mass is 16.5. The van der Waals surface area contributed by atoms with Gasteiger partial charge in [0.2, 0.25) is 0 Å². The molecule has 3 heterocycles. The molecule has 2 saturated heterocycles. The Hall–Kier alpha value is -1.33. The molecule has 1 atom stereocenters. The average Bonchev–Trinajstić information content (AvgIpc) is 2.99. The average molecular weight is 333 g/mol. The molecule has 3 rings (SSSR count). The highest BCUT2D eigenvalue weighted by Crippen LogP contribution is 2.39. The number of nitrogens with zero attached hydrogens (tertiary/aromatic N) is 3. The summed E-state index contributed by atoms with van der Waals surface area (Å²) in [4.78, 5) is 16.9. The molecule has 24 heavy (non-hydrogen) atoms. The monoisotopic (exact) mass is 333 g/mol.